The molecule has 1 aliphatic rings. The second-order valence-electron chi connectivity index (χ2n) is 6.00. The molecule has 0 saturated carbocycles. The van der Waals surface area contributed by atoms with Crippen LogP contribution in [0.3, 0.4) is 0 Å². The van der Waals surface area contributed by atoms with Gasteiger partial charge in [-0.15, -0.1) is 0 Å². The Labute approximate surface area is 148 Å². The third-order valence-electron chi connectivity index (χ3n) is 4.52. The molecule has 24 heavy (non-hydrogen) atoms. The minimum absolute atomic E-state index is 0.834. The first-order valence-electron chi connectivity index (χ1n) is 7.88. The van der Waals surface area contributed by atoms with Crippen molar-refractivity contribution in [2.24, 2.45) is 0 Å². The van der Waals surface area contributed by atoms with Crippen LogP contribution in [-0.2, 0) is 6.54 Å². The zero-order valence-electron chi connectivity index (χ0n) is 12.9. The topological polar surface area (TPSA) is 22.8 Å². The average Bonchev–Trinajstić information content (AvgIpc) is 3.21. The van der Waals surface area contributed by atoms with E-state index in [1.54, 1.807) is 0 Å². The molecule has 0 N–H and O–H groups in total. The van der Waals surface area contributed by atoms with E-state index in [0.29, 0.717) is 0 Å². The van der Waals surface area contributed by atoms with Crippen molar-refractivity contribution in [1.29, 1.82) is 0 Å². The van der Waals surface area contributed by atoms with E-state index in [2.05, 4.69) is 84.8 Å². The largest absolute Gasteiger partial charge is 0.340 e. The van der Waals surface area contributed by atoms with Crippen LogP contribution in [0.25, 0.3) is 28.3 Å². The van der Waals surface area contributed by atoms with Gasteiger partial charge in [-0.3, -0.25) is 4.57 Å². The van der Waals surface area contributed by atoms with Crippen LogP contribution in [0.4, 0.5) is 0 Å². The third-order valence-corrected chi connectivity index (χ3v) is 5.01. The zero-order valence-corrected chi connectivity index (χ0v) is 14.4. The molecule has 1 aliphatic heterocycles. The summed E-state index contributed by atoms with van der Waals surface area (Å²) in [6.45, 7) is 0.834. The Balaban J connectivity index is 1.75. The van der Waals surface area contributed by atoms with Crippen LogP contribution in [-0.4, -0.2) is 14.1 Å². The molecule has 4 aromatic rings. The molecule has 0 unspecified atom stereocenters. The van der Waals surface area contributed by atoms with Crippen LogP contribution in [0.2, 0.25) is 0 Å². The van der Waals surface area contributed by atoms with Crippen molar-refractivity contribution < 1.29 is 0 Å². The van der Waals surface area contributed by atoms with Crippen LogP contribution in [0.5, 0.6) is 0 Å². The molecule has 3 heterocycles. The van der Waals surface area contributed by atoms with Gasteiger partial charge in [-0.2, -0.15) is 0 Å². The predicted molar refractivity (Wildman–Crippen MR) is 99.2 cm³/mol. The van der Waals surface area contributed by atoms with Gasteiger partial charge in [0.2, 0.25) is 0 Å². The Hall–Kier alpha value is -2.59. The molecular formula is C20H14BrN3. The molecule has 0 saturated heterocycles. The molecular weight excluding hydrogens is 362 g/mol. The van der Waals surface area contributed by atoms with Crippen LogP contribution < -0.4 is 0 Å². The first-order valence-corrected chi connectivity index (χ1v) is 8.67. The molecule has 0 fully saturated rings. The molecule has 3 nitrogen and oxygen atoms in total. The van der Waals surface area contributed by atoms with Crippen molar-refractivity contribution in [3.8, 4) is 28.3 Å². The summed E-state index contributed by atoms with van der Waals surface area (Å²) in [6.07, 6.45) is 6.12. The summed E-state index contributed by atoms with van der Waals surface area (Å²) in [5, 5.41) is 0. The van der Waals surface area contributed by atoms with Gasteiger partial charge in [-0.05, 0) is 35.4 Å². The van der Waals surface area contributed by atoms with E-state index in [1.165, 1.54) is 22.4 Å². The summed E-state index contributed by atoms with van der Waals surface area (Å²) in [6, 6.07) is 19.1. The summed E-state index contributed by atoms with van der Waals surface area (Å²) < 4.78 is 5.57. The van der Waals surface area contributed by atoms with E-state index in [9.17, 15) is 0 Å². The predicted octanol–water partition coefficient (Wildman–Crippen LogP) is 5.13. The SMILES string of the molecule is Brc1ccc2c(c1)Cn1cc(-c3ccccc3)cc1-c1nccn1-2. The van der Waals surface area contributed by atoms with Gasteiger partial charge in [0.05, 0.1) is 11.4 Å². The van der Waals surface area contributed by atoms with Crippen molar-refractivity contribution in [2.75, 3.05) is 0 Å². The van der Waals surface area contributed by atoms with Gasteiger partial charge in [0.1, 0.15) is 0 Å². The maximum atomic E-state index is 4.62. The fourth-order valence-corrected chi connectivity index (χ4v) is 3.81. The third kappa shape index (κ3) is 2.07. The lowest BCUT2D eigenvalue weighted by Crippen LogP contribution is -1.99. The van der Waals surface area contributed by atoms with Crippen LogP contribution in [0.15, 0.2) is 77.7 Å². The fourth-order valence-electron chi connectivity index (χ4n) is 3.40. The van der Waals surface area contributed by atoms with Crippen molar-refractivity contribution in [1.82, 2.24) is 14.1 Å². The number of halogens is 1. The Morgan fingerprint density at radius 1 is 0.958 bits per heavy atom. The lowest BCUT2D eigenvalue weighted by molar-refractivity contribution is 0.818. The van der Waals surface area contributed by atoms with Gasteiger partial charge in [0, 0.05) is 35.2 Å². The molecule has 0 atom stereocenters. The smallest absolute Gasteiger partial charge is 0.161 e. The van der Waals surface area contributed by atoms with E-state index >= 15 is 0 Å². The van der Waals surface area contributed by atoms with Gasteiger partial charge < -0.3 is 4.57 Å². The van der Waals surface area contributed by atoms with Gasteiger partial charge in [-0.1, -0.05) is 46.3 Å². The number of imidazole rings is 1. The summed E-state index contributed by atoms with van der Waals surface area (Å²) >= 11 is 3.59. The van der Waals surface area contributed by atoms with E-state index in [0.717, 1.165) is 22.5 Å². The second kappa shape index (κ2) is 5.21. The van der Waals surface area contributed by atoms with Crippen LogP contribution in [0, 0.1) is 0 Å². The quantitative estimate of drug-likeness (QED) is 0.398. The van der Waals surface area contributed by atoms with Crippen molar-refractivity contribution in [3.05, 3.63) is 83.2 Å². The summed E-state index contributed by atoms with van der Waals surface area (Å²) in [5.41, 5.74) is 6.06. The molecule has 0 bridgehead atoms. The first kappa shape index (κ1) is 13.8. The molecule has 116 valence electrons. The summed E-state index contributed by atoms with van der Waals surface area (Å²) in [7, 11) is 0. The Morgan fingerprint density at radius 3 is 2.71 bits per heavy atom. The zero-order chi connectivity index (χ0) is 16.1. The molecule has 0 radical (unpaired) electrons. The van der Waals surface area contributed by atoms with Gasteiger partial charge >= 0.3 is 0 Å². The maximum Gasteiger partial charge on any atom is 0.161 e. The van der Waals surface area contributed by atoms with Crippen molar-refractivity contribution in [2.45, 2.75) is 6.54 Å². The van der Waals surface area contributed by atoms with E-state index in [-0.39, 0.29) is 0 Å². The summed E-state index contributed by atoms with van der Waals surface area (Å²) in [5.74, 6) is 0.984. The van der Waals surface area contributed by atoms with E-state index in [1.807, 2.05) is 18.5 Å². The van der Waals surface area contributed by atoms with Gasteiger partial charge in [0.25, 0.3) is 0 Å². The average molecular weight is 376 g/mol. The number of rotatable bonds is 1. The Kier molecular flexibility index (Phi) is 3.00. The van der Waals surface area contributed by atoms with Crippen molar-refractivity contribution in [3.63, 3.8) is 0 Å². The molecule has 0 aliphatic carbocycles. The molecule has 2 aromatic carbocycles. The highest BCUT2D eigenvalue weighted by atomic mass is 79.9. The lowest BCUT2D eigenvalue weighted by Gasteiger charge is -2.09. The monoisotopic (exact) mass is 375 g/mol. The minimum Gasteiger partial charge on any atom is -0.340 e. The molecule has 2 aromatic heterocycles. The second-order valence-corrected chi connectivity index (χ2v) is 6.92. The summed E-state index contributed by atoms with van der Waals surface area (Å²) in [4.78, 5) is 4.62. The maximum absolute atomic E-state index is 4.62. The fraction of sp³-hybridized carbons (Fsp3) is 0.0500. The first-order chi connectivity index (χ1) is 11.8. The van der Waals surface area contributed by atoms with E-state index < -0.39 is 0 Å². The number of fused-ring (bicyclic) bond motifs is 5. The van der Waals surface area contributed by atoms with Crippen LogP contribution in [0.1, 0.15) is 5.56 Å². The lowest BCUT2D eigenvalue weighted by atomic mass is 10.1. The standard InChI is InChI=1S/C20H14BrN3/c21-17-6-7-18-16(10-17)13-23-12-15(14-4-2-1-3-5-14)11-19(23)20-22-8-9-24(18)20/h1-12H,13H2. The van der Waals surface area contributed by atoms with Gasteiger partial charge in [0.15, 0.2) is 5.82 Å². The highest BCUT2D eigenvalue weighted by Gasteiger charge is 2.21. The molecule has 0 spiro atoms. The number of benzene rings is 2. The Bertz CT molecular complexity index is 1040. The highest BCUT2D eigenvalue weighted by Crippen LogP contribution is 2.34. The minimum atomic E-state index is 0.834. The number of aromatic nitrogens is 3. The molecule has 5 rings (SSSR count). The number of hydrogen-bond donors (Lipinski definition) is 0. The van der Waals surface area contributed by atoms with Crippen LogP contribution >= 0.6 is 15.9 Å². The normalized spacial score (nSPS) is 12.2. The van der Waals surface area contributed by atoms with Crippen molar-refractivity contribution >= 4 is 15.9 Å². The highest BCUT2D eigenvalue weighted by molar-refractivity contribution is 9.10. The Morgan fingerprint density at radius 2 is 1.83 bits per heavy atom. The molecule has 0 amide bonds. The van der Waals surface area contributed by atoms with Gasteiger partial charge in [-0.25, -0.2) is 4.98 Å². The molecule has 4 heteroatoms. The van der Waals surface area contributed by atoms with E-state index in [4.69, 9.17) is 0 Å². The number of hydrogen-bond acceptors (Lipinski definition) is 1. The number of nitrogens with zero attached hydrogens (tertiary/aromatic N) is 3.